The molecule has 1 atom stereocenters. The van der Waals surface area contributed by atoms with Gasteiger partial charge in [-0.1, -0.05) is 0 Å². The molecule has 20 heavy (non-hydrogen) atoms. The predicted octanol–water partition coefficient (Wildman–Crippen LogP) is 1.51. The van der Waals surface area contributed by atoms with Gasteiger partial charge in [-0.3, -0.25) is 0 Å². The topological polar surface area (TPSA) is 49.4 Å². The lowest BCUT2D eigenvalue weighted by Gasteiger charge is -2.32. The van der Waals surface area contributed by atoms with E-state index >= 15 is 0 Å². The minimum absolute atomic E-state index is 0. The maximum Gasteiger partial charge on any atom is 0.246 e. The number of nitrogens with one attached hydrogen (secondary N) is 1. The molecule has 0 bridgehead atoms. The van der Waals surface area contributed by atoms with Gasteiger partial charge in [-0.15, -0.1) is 12.4 Å². The first-order chi connectivity index (χ1) is 8.85. The summed E-state index contributed by atoms with van der Waals surface area (Å²) >= 11 is 0. The molecule has 2 rings (SSSR count). The molecule has 0 aromatic heterocycles. The molecular formula is C11H14ClF3N2O2S. The van der Waals surface area contributed by atoms with Crippen LogP contribution in [0.15, 0.2) is 17.0 Å². The summed E-state index contributed by atoms with van der Waals surface area (Å²) in [5.41, 5.74) is 0. The lowest BCUT2D eigenvalue weighted by molar-refractivity contribution is 0.282. The van der Waals surface area contributed by atoms with Crippen LogP contribution in [0, 0.1) is 17.5 Å². The number of sulfonamides is 1. The highest BCUT2D eigenvalue weighted by Gasteiger charge is 2.34. The van der Waals surface area contributed by atoms with Crippen LogP contribution in [0.3, 0.4) is 0 Å². The average molecular weight is 331 g/mol. The van der Waals surface area contributed by atoms with Gasteiger partial charge in [0, 0.05) is 25.7 Å². The Morgan fingerprint density at radius 2 is 1.90 bits per heavy atom. The highest BCUT2D eigenvalue weighted by molar-refractivity contribution is 7.89. The summed E-state index contributed by atoms with van der Waals surface area (Å²) in [5.74, 6) is -4.86. The van der Waals surface area contributed by atoms with Gasteiger partial charge in [-0.05, 0) is 19.1 Å². The average Bonchev–Trinajstić information content (AvgIpc) is 2.36. The number of rotatable bonds is 2. The van der Waals surface area contributed by atoms with Crippen molar-refractivity contribution in [2.24, 2.45) is 0 Å². The molecule has 1 heterocycles. The van der Waals surface area contributed by atoms with Gasteiger partial charge in [0.2, 0.25) is 10.0 Å². The van der Waals surface area contributed by atoms with Crippen molar-refractivity contribution in [1.82, 2.24) is 9.62 Å². The Morgan fingerprint density at radius 1 is 1.25 bits per heavy atom. The molecular weight excluding hydrogens is 317 g/mol. The Hall–Kier alpha value is -0.830. The van der Waals surface area contributed by atoms with E-state index < -0.39 is 32.4 Å². The van der Waals surface area contributed by atoms with E-state index in [1.807, 2.05) is 0 Å². The summed E-state index contributed by atoms with van der Waals surface area (Å²) in [7, 11) is -4.17. The van der Waals surface area contributed by atoms with Crippen LogP contribution in [-0.2, 0) is 10.0 Å². The van der Waals surface area contributed by atoms with Crippen molar-refractivity contribution < 1.29 is 21.6 Å². The Kier molecular flexibility index (Phi) is 5.42. The highest BCUT2D eigenvalue weighted by atomic mass is 35.5. The third-order valence-electron chi connectivity index (χ3n) is 3.03. The third-order valence-corrected chi connectivity index (χ3v) is 5.06. The number of piperazine rings is 1. The van der Waals surface area contributed by atoms with Crippen molar-refractivity contribution >= 4 is 22.4 Å². The second-order valence-electron chi connectivity index (χ2n) is 4.34. The van der Waals surface area contributed by atoms with Crippen molar-refractivity contribution in [3.05, 3.63) is 29.6 Å². The van der Waals surface area contributed by atoms with Crippen LogP contribution >= 0.6 is 12.4 Å². The van der Waals surface area contributed by atoms with Gasteiger partial charge >= 0.3 is 0 Å². The number of hydrogen-bond acceptors (Lipinski definition) is 3. The molecule has 4 nitrogen and oxygen atoms in total. The molecule has 1 aromatic carbocycles. The zero-order valence-electron chi connectivity index (χ0n) is 10.6. The van der Waals surface area contributed by atoms with Gasteiger partial charge < -0.3 is 5.32 Å². The predicted molar refractivity (Wildman–Crippen MR) is 69.8 cm³/mol. The van der Waals surface area contributed by atoms with Crippen LogP contribution in [0.2, 0.25) is 0 Å². The summed E-state index contributed by atoms with van der Waals surface area (Å²) in [6.07, 6.45) is 0. The lowest BCUT2D eigenvalue weighted by Crippen LogP contribution is -2.52. The van der Waals surface area contributed by atoms with E-state index in [4.69, 9.17) is 0 Å². The van der Waals surface area contributed by atoms with E-state index in [1.54, 1.807) is 6.92 Å². The van der Waals surface area contributed by atoms with Crippen molar-refractivity contribution in [2.45, 2.75) is 17.9 Å². The van der Waals surface area contributed by atoms with Crippen LogP contribution in [0.1, 0.15) is 6.92 Å². The number of benzene rings is 1. The molecule has 1 fully saturated rings. The van der Waals surface area contributed by atoms with Gasteiger partial charge in [-0.25, -0.2) is 21.6 Å². The molecule has 1 aliphatic rings. The van der Waals surface area contributed by atoms with E-state index in [0.29, 0.717) is 19.2 Å². The van der Waals surface area contributed by atoms with E-state index in [1.165, 1.54) is 0 Å². The molecule has 1 saturated heterocycles. The van der Waals surface area contributed by atoms with E-state index in [0.717, 1.165) is 10.4 Å². The van der Waals surface area contributed by atoms with Crippen molar-refractivity contribution in [3.63, 3.8) is 0 Å². The molecule has 9 heteroatoms. The van der Waals surface area contributed by atoms with Crippen molar-refractivity contribution in [1.29, 1.82) is 0 Å². The van der Waals surface area contributed by atoms with Gasteiger partial charge in [0.25, 0.3) is 0 Å². The Bertz CT molecular complexity index is 598. The normalized spacial score (nSPS) is 20.5. The fraction of sp³-hybridized carbons (Fsp3) is 0.455. The van der Waals surface area contributed by atoms with E-state index in [2.05, 4.69) is 5.32 Å². The maximum absolute atomic E-state index is 13.6. The second-order valence-corrected chi connectivity index (χ2v) is 6.20. The Balaban J connectivity index is 0.00000200. The van der Waals surface area contributed by atoms with Crippen molar-refractivity contribution in [2.75, 3.05) is 19.6 Å². The van der Waals surface area contributed by atoms with E-state index in [9.17, 15) is 21.6 Å². The molecule has 0 amide bonds. The SMILES string of the molecule is C[C@@H]1CNCCN1S(=O)(=O)c1ccc(F)c(F)c1F.Cl. The first kappa shape index (κ1) is 17.2. The standard InChI is InChI=1S/C11H13F3N2O2S.ClH/c1-7-6-15-4-5-16(7)19(17,18)9-3-2-8(12)10(13)11(9)14;/h2-3,7,15H,4-6H2,1H3;1H/t7-;/m1./s1. The van der Waals surface area contributed by atoms with Crippen LogP contribution in [0.25, 0.3) is 0 Å². The van der Waals surface area contributed by atoms with Gasteiger partial charge in [0.05, 0.1) is 0 Å². The highest BCUT2D eigenvalue weighted by Crippen LogP contribution is 2.24. The van der Waals surface area contributed by atoms with E-state index in [-0.39, 0.29) is 25.0 Å². The van der Waals surface area contributed by atoms with Crippen LogP contribution in [0.4, 0.5) is 13.2 Å². The number of hydrogen-bond donors (Lipinski definition) is 1. The molecule has 0 radical (unpaired) electrons. The molecule has 114 valence electrons. The van der Waals surface area contributed by atoms with Crippen LogP contribution in [-0.4, -0.2) is 38.4 Å². The fourth-order valence-electron chi connectivity index (χ4n) is 2.01. The molecule has 0 aliphatic carbocycles. The second kappa shape index (κ2) is 6.30. The first-order valence-electron chi connectivity index (χ1n) is 5.71. The molecule has 1 N–H and O–H groups in total. The molecule has 0 saturated carbocycles. The summed E-state index contributed by atoms with van der Waals surface area (Å²) in [4.78, 5) is -0.833. The quantitative estimate of drug-likeness (QED) is 0.836. The zero-order valence-corrected chi connectivity index (χ0v) is 12.2. The molecule has 1 aromatic rings. The fourth-order valence-corrected chi connectivity index (χ4v) is 3.70. The summed E-state index contributed by atoms with van der Waals surface area (Å²) in [5, 5.41) is 2.99. The maximum atomic E-state index is 13.6. The molecule has 0 unspecified atom stereocenters. The largest absolute Gasteiger partial charge is 0.314 e. The molecule has 1 aliphatic heterocycles. The van der Waals surface area contributed by atoms with Crippen LogP contribution in [0.5, 0.6) is 0 Å². The number of halogens is 4. The Labute approximate surface area is 121 Å². The minimum Gasteiger partial charge on any atom is -0.314 e. The van der Waals surface area contributed by atoms with Gasteiger partial charge in [0.15, 0.2) is 17.5 Å². The molecule has 0 spiro atoms. The minimum atomic E-state index is -4.17. The summed E-state index contributed by atoms with van der Waals surface area (Å²) in [6.45, 7) is 2.66. The zero-order chi connectivity index (χ0) is 14.2. The number of nitrogens with zero attached hydrogens (tertiary/aromatic N) is 1. The van der Waals surface area contributed by atoms with Gasteiger partial charge in [0.1, 0.15) is 4.90 Å². The smallest absolute Gasteiger partial charge is 0.246 e. The third kappa shape index (κ3) is 2.93. The summed E-state index contributed by atoms with van der Waals surface area (Å²) in [6, 6.07) is 0.974. The lowest BCUT2D eigenvalue weighted by atomic mass is 10.3. The first-order valence-corrected chi connectivity index (χ1v) is 7.15. The Morgan fingerprint density at radius 3 is 2.50 bits per heavy atom. The van der Waals surface area contributed by atoms with Crippen LogP contribution < -0.4 is 5.32 Å². The van der Waals surface area contributed by atoms with Gasteiger partial charge in [-0.2, -0.15) is 4.31 Å². The summed E-state index contributed by atoms with van der Waals surface area (Å²) < 4.78 is 65.2. The monoisotopic (exact) mass is 330 g/mol. The van der Waals surface area contributed by atoms with Crippen molar-refractivity contribution in [3.8, 4) is 0 Å².